The molecule has 0 saturated heterocycles. The van der Waals surface area contributed by atoms with E-state index in [1.54, 1.807) is 6.20 Å². The summed E-state index contributed by atoms with van der Waals surface area (Å²) in [7, 11) is 0. The van der Waals surface area contributed by atoms with E-state index in [0.29, 0.717) is 17.9 Å². The average molecular weight is 390 g/mol. The summed E-state index contributed by atoms with van der Waals surface area (Å²) in [6.07, 6.45) is 6.57. The summed E-state index contributed by atoms with van der Waals surface area (Å²) in [5, 5.41) is 10.9. The van der Waals surface area contributed by atoms with Crippen molar-refractivity contribution < 1.29 is 9.59 Å². The van der Waals surface area contributed by atoms with Crippen molar-refractivity contribution in [3.05, 3.63) is 53.9 Å². The lowest BCUT2D eigenvalue weighted by Gasteiger charge is -2.10. The molecule has 2 N–H and O–H groups in total. The molecule has 6 nitrogen and oxygen atoms in total. The third-order valence-corrected chi connectivity index (χ3v) is 5.75. The van der Waals surface area contributed by atoms with Crippen LogP contribution in [0.1, 0.15) is 56.2 Å². The lowest BCUT2D eigenvalue weighted by atomic mass is 9.94. The molecule has 0 aliphatic heterocycles. The molecule has 1 aliphatic carbocycles. The number of rotatable bonds is 7. The number of Topliss-reactive ketones (excluding diaryl/α,β-unsaturated/α-hetero) is 1. The molecule has 1 fully saturated rings. The number of hydrogen-bond donors (Lipinski definition) is 2. The van der Waals surface area contributed by atoms with Gasteiger partial charge in [0.15, 0.2) is 5.82 Å². The molecule has 2 aromatic heterocycles. The first-order valence-electron chi connectivity index (χ1n) is 10.3. The van der Waals surface area contributed by atoms with Crippen molar-refractivity contribution in [3.63, 3.8) is 0 Å². The number of amides is 1. The summed E-state index contributed by atoms with van der Waals surface area (Å²) in [6.45, 7) is 2.07. The van der Waals surface area contributed by atoms with Crippen LogP contribution < -0.4 is 5.32 Å². The lowest BCUT2D eigenvalue weighted by molar-refractivity contribution is -0.120. The Morgan fingerprint density at radius 3 is 2.72 bits per heavy atom. The molecule has 3 aromatic rings. The van der Waals surface area contributed by atoms with Gasteiger partial charge in [0.2, 0.25) is 5.91 Å². The summed E-state index contributed by atoms with van der Waals surface area (Å²) in [5.74, 6) is 0.961. The number of pyridine rings is 1. The number of benzene rings is 1. The highest BCUT2D eigenvalue weighted by Crippen LogP contribution is 2.27. The number of nitrogens with zero attached hydrogens (tertiary/aromatic N) is 2. The first kappa shape index (κ1) is 19.3. The Bertz CT molecular complexity index is 1010. The second-order valence-electron chi connectivity index (χ2n) is 8.00. The number of fused-ring (bicyclic) bond motifs is 1. The van der Waals surface area contributed by atoms with E-state index in [-0.39, 0.29) is 29.9 Å². The van der Waals surface area contributed by atoms with Crippen LogP contribution in [-0.2, 0) is 16.0 Å². The van der Waals surface area contributed by atoms with Crippen LogP contribution in [-0.4, -0.2) is 26.9 Å². The summed E-state index contributed by atoms with van der Waals surface area (Å²) >= 11 is 0. The van der Waals surface area contributed by atoms with Crippen LogP contribution in [0.4, 0.5) is 5.82 Å². The molecule has 1 amide bonds. The van der Waals surface area contributed by atoms with E-state index < -0.39 is 0 Å². The first-order chi connectivity index (χ1) is 14.1. The summed E-state index contributed by atoms with van der Waals surface area (Å²) < 4.78 is 0. The molecule has 0 bridgehead atoms. The summed E-state index contributed by atoms with van der Waals surface area (Å²) in [6, 6.07) is 11.9. The van der Waals surface area contributed by atoms with Gasteiger partial charge in [-0.3, -0.25) is 19.7 Å². The van der Waals surface area contributed by atoms with E-state index >= 15 is 0 Å². The largest absolute Gasteiger partial charge is 0.308 e. The molecule has 1 aromatic carbocycles. The summed E-state index contributed by atoms with van der Waals surface area (Å²) in [4.78, 5) is 29.3. The van der Waals surface area contributed by atoms with Crippen LogP contribution in [0.2, 0.25) is 0 Å². The molecular formula is C23H26N4O2. The number of anilines is 1. The maximum atomic E-state index is 12.5. The zero-order chi connectivity index (χ0) is 20.2. The number of ketones is 1. The van der Waals surface area contributed by atoms with Crippen LogP contribution in [0.15, 0.2) is 42.6 Å². The van der Waals surface area contributed by atoms with Crippen molar-refractivity contribution in [3.8, 4) is 0 Å². The molecule has 6 heteroatoms. The molecule has 0 radical (unpaired) electrons. The van der Waals surface area contributed by atoms with E-state index in [0.717, 1.165) is 36.6 Å². The van der Waals surface area contributed by atoms with Gasteiger partial charge in [-0.25, -0.2) is 0 Å². The van der Waals surface area contributed by atoms with Crippen molar-refractivity contribution in [1.29, 1.82) is 0 Å². The van der Waals surface area contributed by atoms with E-state index in [1.807, 2.05) is 36.4 Å². The van der Waals surface area contributed by atoms with Gasteiger partial charge in [-0.15, -0.1) is 0 Å². The van der Waals surface area contributed by atoms with Crippen molar-refractivity contribution >= 4 is 28.4 Å². The molecule has 1 saturated carbocycles. The zero-order valence-electron chi connectivity index (χ0n) is 16.6. The van der Waals surface area contributed by atoms with Crippen molar-refractivity contribution in [2.75, 3.05) is 5.32 Å². The number of carbonyl (C=O) groups excluding carboxylic acids is 2. The Labute approximate surface area is 170 Å². The highest BCUT2D eigenvalue weighted by atomic mass is 16.2. The van der Waals surface area contributed by atoms with Crippen molar-refractivity contribution in [2.45, 2.75) is 51.4 Å². The molecule has 1 atom stereocenters. The summed E-state index contributed by atoms with van der Waals surface area (Å²) in [5.41, 5.74) is 2.65. The molecule has 0 spiro atoms. The van der Waals surface area contributed by atoms with Crippen molar-refractivity contribution in [1.82, 2.24) is 15.2 Å². The standard InChI is InChI=1S/C23H26N4O2/c1-15(16-7-3-2-4-8-16)11-19(28)12-18-13-21-20(14-24-18)22(27-26-21)25-23(29)17-9-5-6-10-17/h2-4,7-8,13-15,17H,5-6,9-12H2,1H3,(H2,25,26,27,29)/t15-/m0/s1. The molecule has 1 aliphatic rings. The van der Waals surface area contributed by atoms with Crippen LogP contribution in [0.25, 0.3) is 10.9 Å². The number of carbonyl (C=O) groups is 2. The zero-order valence-corrected chi connectivity index (χ0v) is 16.6. The Morgan fingerprint density at radius 1 is 1.21 bits per heavy atom. The first-order valence-corrected chi connectivity index (χ1v) is 10.3. The van der Waals surface area contributed by atoms with E-state index in [9.17, 15) is 9.59 Å². The number of nitrogens with one attached hydrogen (secondary N) is 2. The maximum Gasteiger partial charge on any atom is 0.228 e. The van der Waals surface area contributed by atoms with E-state index in [2.05, 4.69) is 27.4 Å². The lowest BCUT2D eigenvalue weighted by Crippen LogP contribution is -2.20. The Balaban J connectivity index is 1.40. The third-order valence-electron chi connectivity index (χ3n) is 5.75. The van der Waals surface area contributed by atoms with Gasteiger partial charge >= 0.3 is 0 Å². The number of hydrogen-bond acceptors (Lipinski definition) is 4. The topological polar surface area (TPSA) is 87.7 Å². The number of aromatic nitrogens is 3. The van der Waals surface area contributed by atoms with Gasteiger partial charge in [0, 0.05) is 30.7 Å². The Hall–Kier alpha value is -3.02. The fraction of sp³-hybridized carbons (Fsp3) is 0.391. The van der Waals surface area contributed by atoms with Crippen LogP contribution >= 0.6 is 0 Å². The van der Waals surface area contributed by atoms with Gasteiger partial charge in [0.05, 0.1) is 10.9 Å². The highest BCUT2D eigenvalue weighted by molar-refractivity contribution is 6.00. The molecule has 0 unspecified atom stereocenters. The minimum Gasteiger partial charge on any atom is -0.308 e. The predicted octanol–water partition coefficient (Wildman–Crippen LogP) is 4.39. The Morgan fingerprint density at radius 2 is 1.97 bits per heavy atom. The van der Waals surface area contributed by atoms with Crippen molar-refractivity contribution in [2.24, 2.45) is 5.92 Å². The SMILES string of the molecule is C[C@@H](CC(=O)Cc1cc2[nH]nc(NC(=O)C3CCCC3)c2cn1)c1ccccc1. The van der Waals surface area contributed by atoms with Gasteiger partial charge in [0.25, 0.3) is 0 Å². The number of aromatic amines is 1. The minimum atomic E-state index is 0.0325. The quantitative estimate of drug-likeness (QED) is 0.626. The van der Waals surface area contributed by atoms with Crippen LogP contribution in [0.3, 0.4) is 0 Å². The van der Waals surface area contributed by atoms with Gasteiger partial charge in [-0.2, -0.15) is 5.10 Å². The fourth-order valence-electron chi connectivity index (χ4n) is 4.07. The van der Waals surface area contributed by atoms with Gasteiger partial charge in [-0.05, 0) is 30.4 Å². The van der Waals surface area contributed by atoms with Crippen LogP contribution in [0, 0.1) is 5.92 Å². The smallest absolute Gasteiger partial charge is 0.228 e. The number of H-pyrrole nitrogens is 1. The second kappa shape index (κ2) is 8.55. The van der Waals surface area contributed by atoms with Gasteiger partial charge in [-0.1, -0.05) is 50.1 Å². The Kier molecular flexibility index (Phi) is 5.69. The fourth-order valence-corrected chi connectivity index (χ4v) is 4.07. The normalized spacial score (nSPS) is 15.5. The monoisotopic (exact) mass is 390 g/mol. The maximum absolute atomic E-state index is 12.5. The highest BCUT2D eigenvalue weighted by Gasteiger charge is 2.24. The van der Waals surface area contributed by atoms with Gasteiger partial charge < -0.3 is 5.32 Å². The van der Waals surface area contributed by atoms with E-state index in [1.165, 1.54) is 5.56 Å². The average Bonchev–Trinajstić information content (AvgIpc) is 3.39. The third kappa shape index (κ3) is 4.53. The molecular weight excluding hydrogens is 364 g/mol. The molecule has 150 valence electrons. The minimum absolute atomic E-state index is 0.0325. The van der Waals surface area contributed by atoms with Gasteiger partial charge in [0.1, 0.15) is 5.78 Å². The van der Waals surface area contributed by atoms with E-state index in [4.69, 9.17) is 0 Å². The molecule has 2 heterocycles. The molecule has 4 rings (SSSR count). The van der Waals surface area contributed by atoms with Crippen LogP contribution in [0.5, 0.6) is 0 Å². The molecule has 29 heavy (non-hydrogen) atoms. The predicted molar refractivity (Wildman–Crippen MR) is 113 cm³/mol. The second-order valence-corrected chi connectivity index (χ2v) is 8.00.